The van der Waals surface area contributed by atoms with E-state index in [0.29, 0.717) is 23.0 Å². The molecular formula is C22H22O6. The molecule has 0 amide bonds. The zero-order valence-electron chi connectivity index (χ0n) is 16.3. The van der Waals surface area contributed by atoms with Crippen LogP contribution in [0.15, 0.2) is 60.7 Å². The average Bonchev–Trinajstić information content (AvgIpc) is 2.68. The Bertz CT molecular complexity index is 865. The number of ether oxygens (including phenoxy) is 4. The first-order valence-electron chi connectivity index (χ1n) is 8.38. The molecule has 146 valence electrons. The van der Waals surface area contributed by atoms with Gasteiger partial charge in [-0.3, -0.25) is 0 Å². The quantitative estimate of drug-likeness (QED) is 0.403. The molecule has 6 heteroatoms. The Morgan fingerprint density at radius 1 is 0.679 bits per heavy atom. The molecule has 28 heavy (non-hydrogen) atoms. The smallest absolute Gasteiger partial charge is 0.338 e. The maximum Gasteiger partial charge on any atom is 0.338 e. The highest BCUT2D eigenvalue weighted by molar-refractivity contribution is 5.90. The highest BCUT2D eigenvalue weighted by Gasteiger charge is 2.15. The van der Waals surface area contributed by atoms with Crippen LogP contribution in [0, 0.1) is 0 Å². The van der Waals surface area contributed by atoms with Gasteiger partial charge in [0.15, 0.2) is 23.0 Å². The Hall–Kier alpha value is -3.54. The summed E-state index contributed by atoms with van der Waals surface area (Å²) in [6.45, 7) is 10.3. The van der Waals surface area contributed by atoms with E-state index >= 15 is 0 Å². The predicted molar refractivity (Wildman–Crippen MR) is 106 cm³/mol. The third-order valence-electron chi connectivity index (χ3n) is 3.76. The lowest BCUT2D eigenvalue weighted by Crippen LogP contribution is -2.09. The van der Waals surface area contributed by atoms with Crippen LogP contribution in [0.5, 0.6) is 23.0 Å². The van der Waals surface area contributed by atoms with Crippen molar-refractivity contribution in [1.82, 2.24) is 0 Å². The van der Waals surface area contributed by atoms with Crippen molar-refractivity contribution in [2.45, 2.75) is 13.8 Å². The van der Waals surface area contributed by atoms with Crippen LogP contribution in [0.25, 0.3) is 11.1 Å². The summed E-state index contributed by atoms with van der Waals surface area (Å²) in [6, 6.07) is 10.3. The second kappa shape index (κ2) is 8.90. The van der Waals surface area contributed by atoms with Gasteiger partial charge in [-0.2, -0.15) is 0 Å². The normalized spacial score (nSPS) is 10.0. The Morgan fingerprint density at radius 2 is 1.04 bits per heavy atom. The van der Waals surface area contributed by atoms with Gasteiger partial charge in [0, 0.05) is 11.1 Å². The first-order valence-corrected chi connectivity index (χ1v) is 8.38. The lowest BCUT2D eigenvalue weighted by Gasteiger charge is -2.13. The zero-order chi connectivity index (χ0) is 20.8. The van der Waals surface area contributed by atoms with Gasteiger partial charge in [-0.1, -0.05) is 25.3 Å². The third-order valence-corrected chi connectivity index (χ3v) is 3.76. The van der Waals surface area contributed by atoms with Gasteiger partial charge in [-0.05, 0) is 49.2 Å². The van der Waals surface area contributed by atoms with Crippen molar-refractivity contribution in [3.63, 3.8) is 0 Å². The van der Waals surface area contributed by atoms with Crippen molar-refractivity contribution in [2.24, 2.45) is 0 Å². The summed E-state index contributed by atoms with van der Waals surface area (Å²) in [7, 11) is 2.97. The molecule has 0 saturated heterocycles. The number of carbonyl (C=O) groups is 2. The van der Waals surface area contributed by atoms with Crippen LogP contribution >= 0.6 is 0 Å². The molecule has 0 aliphatic carbocycles. The largest absolute Gasteiger partial charge is 0.493 e. The maximum absolute atomic E-state index is 11.8. The minimum Gasteiger partial charge on any atom is -0.493 e. The van der Waals surface area contributed by atoms with Gasteiger partial charge in [0.25, 0.3) is 0 Å². The molecule has 0 heterocycles. The third kappa shape index (κ3) is 4.79. The lowest BCUT2D eigenvalue weighted by atomic mass is 10.0. The van der Waals surface area contributed by atoms with Crippen LogP contribution in [0.2, 0.25) is 0 Å². The predicted octanol–water partition coefficient (Wildman–Crippen LogP) is 4.33. The van der Waals surface area contributed by atoms with Crippen molar-refractivity contribution in [2.75, 3.05) is 14.2 Å². The molecule has 0 N–H and O–H groups in total. The van der Waals surface area contributed by atoms with Gasteiger partial charge < -0.3 is 18.9 Å². The van der Waals surface area contributed by atoms with E-state index in [-0.39, 0.29) is 11.1 Å². The van der Waals surface area contributed by atoms with Crippen LogP contribution in [0.4, 0.5) is 0 Å². The fourth-order valence-corrected chi connectivity index (χ4v) is 2.24. The number of hydrogen-bond acceptors (Lipinski definition) is 6. The lowest BCUT2D eigenvalue weighted by molar-refractivity contribution is -0.131. The van der Waals surface area contributed by atoms with Gasteiger partial charge >= 0.3 is 11.9 Å². The monoisotopic (exact) mass is 382 g/mol. The Labute approximate surface area is 164 Å². The van der Waals surface area contributed by atoms with Crippen LogP contribution in [0.1, 0.15) is 13.8 Å². The van der Waals surface area contributed by atoms with Crippen LogP contribution < -0.4 is 18.9 Å². The van der Waals surface area contributed by atoms with E-state index in [1.165, 1.54) is 14.2 Å². The molecule has 0 aliphatic rings. The molecule has 0 unspecified atom stereocenters. The van der Waals surface area contributed by atoms with Gasteiger partial charge in [-0.15, -0.1) is 0 Å². The minimum absolute atomic E-state index is 0.288. The van der Waals surface area contributed by atoms with Crippen molar-refractivity contribution in [3.8, 4) is 34.1 Å². The zero-order valence-corrected chi connectivity index (χ0v) is 16.3. The summed E-state index contributed by atoms with van der Waals surface area (Å²) < 4.78 is 21.2. The maximum atomic E-state index is 11.8. The highest BCUT2D eigenvalue weighted by atomic mass is 16.6. The van der Waals surface area contributed by atoms with E-state index in [1.807, 2.05) is 0 Å². The molecule has 2 rings (SSSR count). The first kappa shape index (κ1) is 20.8. The first-order chi connectivity index (χ1) is 13.3. The molecule has 0 spiro atoms. The van der Waals surface area contributed by atoms with E-state index in [4.69, 9.17) is 18.9 Å². The molecule has 2 aromatic rings. The summed E-state index contributed by atoms with van der Waals surface area (Å²) in [6.07, 6.45) is 0. The van der Waals surface area contributed by atoms with Crippen LogP contribution in [-0.2, 0) is 9.59 Å². The Balaban J connectivity index is 2.36. The van der Waals surface area contributed by atoms with Crippen LogP contribution in [-0.4, -0.2) is 26.2 Å². The summed E-state index contributed by atoms with van der Waals surface area (Å²) in [4.78, 5) is 23.5. The standard InChI is InChI=1S/C22H22O6/c1-13(2)21(23)27-17-9-7-15(11-19(17)25-5)16-8-10-18(20(12-16)26-6)28-22(24)14(3)4/h7-12H,1,3H2,2,4-6H3. The fourth-order valence-electron chi connectivity index (χ4n) is 2.24. The second-order valence-electron chi connectivity index (χ2n) is 6.07. The number of esters is 2. The number of rotatable bonds is 7. The van der Waals surface area contributed by atoms with E-state index in [0.717, 1.165) is 11.1 Å². The van der Waals surface area contributed by atoms with Crippen molar-refractivity contribution < 1.29 is 28.5 Å². The van der Waals surface area contributed by atoms with Gasteiger partial charge in [0.2, 0.25) is 0 Å². The topological polar surface area (TPSA) is 71.1 Å². The molecule has 0 aliphatic heterocycles. The molecule has 0 aromatic heterocycles. The van der Waals surface area contributed by atoms with Crippen molar-refractivity contribution in [3.05, 3.63) is 60.7 Å². The molecular weight excluding hydrogens is 360 g/mol. The number of benzene rings is 2. The fraction of sp³-hybridized carbons (Fsp3) is 0.182. The highest BCUT2D eigenvalue weighted by Crippen LogP contribution is 2.37. The molecule has 0 radical (unpaired) electrons. The van der Waals surface area contributed by atoms with Crippen molar-refractivity contribution >= 4 is 11.9 Å². The molecule has 0 saturated carbocycles. The van der Waals surface area contributed by atoms with Gasteiger partial charge in [0.05, 0.1) is 14.2 Å². The average molecular weight is 382 g/mol. The number of hydrogen-bond donors (Lipinski definition) is 0. The Morgan fingerprint density at radius 3 is 1.32 bits per heavy atom. The van der Waals surface area contributed by atoms with E-state index < -0.39 is 11.9 Å². The molecule has 6 nitrogen and oxygen atoms in total. The summed E-state index contributed by atoms with van der Waals surface area (Å²) in [5.41, 5.74) is 2.16. The molecule has 2 aromatic carbocycles. The summed E-state index contributed by atoms with van der Waals surface area (Å²) in [5, 5.41) is 0. The number of methoxy groups -OCH3 is 2. The SMILES string of the molecule is C=C(C)C(=O)Oc1ccc(-c2ccc(OC(=O)C(=C)C)c(OC)c2)cc1OC. The minimum atomic E-state index is -0.531. The van der Waals surface area contributed by atoms with Gasteiger partial charge in [0.1, 0.15) is 0 Å². The summed E-state index contributed by atoms with van der Waals surface area (Å²) in [5.74, 6) is 0.303. The summed E-state index contributed by atoms with van der Waals surface area (Å²) >= 11 is 0. The Kier molecular flexibility index (Phi) is 6.60. The van der Waals surface area contributed by atoms with Crippen molar-refractivity contribution in [1.29, 1.82) is 0 Å². The molecule has 0 fully saturated rings. The van der Waals surface area contributed by atoms with E-state index in [1.54, 1.807) is 50.2 Å². The van der Waals surface area contributed by atoms with Gasteiger partial charge in [-0.25, -0.2) is 9.59 Å². The molecule has 0 bridgehead atoms. The molecule has 0 atom stereocenters. The van der Waals surface area contributed by atoms with E-state index in [9.17, 15) is 9.59 Å². The second-order valence-corrected chi connectivity index (χ2v) is 6.07. The number of carbonyl (C=O) groups excluding carboxylic acids is 2. The van der Waals surface area contributed by atoms with Crippen LogP contribution in [0.3, 0.4) is 0 Å². The van der Waals surface area contributed by atoms with E-state index in [2.05, 4.69) is 13.2 Å².